The van der Waals surface area contributed by atoms with Gasteiger partial charge < -0.3 is 9.47 Å². The molecule has 0 atom stereocenters. The van der Waals surface area contributed by atoms with Gasteiger partial charge in [-0.05, 0) is 26.0 Å². The van der Waals surface area contributed by atoms with E-state index in [1.165, 1.54) is 0 Å². The van der Waals surface area contributed by atoms with Gasteiger partial charge in [-0.3, -0.25) is 9.78 Å². The lowest BCUT2D eigenvalue weighted by Gasteiger charge is -2.07. The van der Waals surface area contributed by atoms with E-state index in [4.69, 9.17) is 0 Å². The molecule has 2 heterocycles. The Balaban J connectivity index is 2.47. The van der Waals surface area contributed by atoms with Crippen molar-refractivity contribution in [1.29, 1.82) is 0 Å². The molecule has 100 valence electrons. The number of carbonyl (C=O) groups excluding carboxylic acids is 1. The summed E-state index contributed by atoms with van der Waals surface area (Å²) < 4.78 is 2.17. The molecule has 0 bridgehead atoms. The highest BCUT2D eigenvalue weighted by Gasteiger charge is 2.09. The van der Waals surface area contributed by atoms with E-state index < -0.39 is 0 Å². The van der Waals surface area contributed by atoms with Gasteiger partial charge in [-0.1, -0.05) is 0 Å². The predicted molar refractivity (Wildman–Crippen MR) is 77.8 cm³/mol. The fourth-order valence-corrected chi connectivity index (χ4v) is 2.00. The summed E-state index contributed by atoms with van der Waals surface area (Å²) in [5.41, 5.74) is 2.13. The molecule has 0 saturated carbocycles. The van der Waals surface area contributed by atoms with E-state index in [0.29, 0.717) is 6.04 Å². The van der Waals surface area contributed by atoms with Crippen LogP contribution in [0.5, 0.6) is 0 Å². The Kier molecular flexibility index (Phi) is 3.69. The van der Waals surface area contributed by atoms with Crippen LogP contribution in [0, 0.1) is 0 Å². The van der Waals surface area contributed by atoms with Crippen LogP contribution in [0.25, 0.3) is 17.0 Å². The molecule has 0 aliphatic carbocycles. The summed E-state index contributed by atoms with van der Waals surface area (Å²) in [6, 6.07) is 2.34. The van der Waals surface area contributed by atoms with Crippen molar-refractivity contribution in [2.24, 2.45) is 0 Å². The van der Waals surface area contributed by atoms with Gasteiger partial charge in [-0.25, -0.2) is 0 Å². The molecular weight excluding hydrogens is 238 g/mol. The second-order valence-corrected chi connectivity index (χ2v) is 5.04. The number of amides is 1. The van der Waals surface area contributed by atoms with Gasteiger partial charge in [0, 0.05) is 49.6 Å². The predicted octanol–water partition coefficient (Wildman–Crippen LogP) is 2.72. The van der Waals surface area contributed by atoms with Gasteiger partial charge in [-0.15, -0.1) is 0 Å². The maximum atomic E-state index is 11.6. The van der Waals surface area contributed by atoms with E-state index in [1.807, 2.05) is 18.3 Å². The Hall–Kier alpha value is -2.10. The number of hydrogen-bond acceptors (Lipinski definition) is 2. The second-order valence-electron chi connectivity index (χ2n) is 5.04. The molecule has 0 aliphatic rings. The van der Waals surface area contributed by atoms with Crippen LogP contribution in [-0.4, -0.2) is 34.5 Å². The Labute approximate surface area is 113 Å². The number of hydrogen-bond donors (Lipinski definition) is 0. The van der Waals surface area contributed by atoms with E-state index in [-0.39, 0.29) is 5.91 Å². The number of carbonyl (C=O) groups is 1. The van der Waals surface area contributed by atoms with Crippen LogP contribution in [0.15, 0.2) is 30.7 Å². The van der Waals surface area contributed by atoms with Gasteiger partial charge in [-0.2, -0.15) is 0 Å². The van der Waals surface area contributed by atoms with Gasteiger partial charge in [0.05, 0.1) is 11.7 Å². The molecule has 4 heteroatoms. The maximum absolute atomic E-state index is 11.6. The molecule has 0 spiro atoms. The summed E-state index contributed by atoms with van der Waals surface area (Å²) in [5.74, 6) is -0.0143. The molecule has 2 rings (SSSR count). The second kappa shape index (κ2) is 5.26. The molecule has 0 saturated heterocycles. The molecule has 0 aliphatic heterocycles. The summed E-state index contributed by atoms with van der Waals surface area (Å²) >= 11 is 0. The van der Waals surface area contributed by atoms with Crippen LogP contribution >= 0.6 is 0 Å². The molecule has 0 radical (unpaired) electrons. The highest BCUT2D eigenvalue weighted by Crippen LogP contribution is 2.24. The zero-order valence-corrected chi connectivity index (χ0v) is 11.8. The molecule has 0 N–H and O–H groups in total. The fourth-order valence-electron chi connectivity index (χ4n) is 2.00. The van der Waals surface area contributed by atoms with Crippen molar-refractivity contribution < 1.29 is 4.79 Å². The smallest absolute Gasteiger partial charge is 0.246 e. The zero-order valence-electron chi connectivity index (χ0n) is 11.8. The van der Waals surface area contributed by atoms with Crippen molar-refractivity contribution in [3.05, 3.63) is 36.3 Å². The minimum Gasteiger partial charge on any atom is -0.345 e. The largest absolute Gasteiger partial charge is 0.345 e. The van der Waals surface area contributed by atoms with E-state index in [0.717, 1.165) is 16.5 Å². The van der Waals surface area contributed by atoms with Crippen LogP contribution in [0.4, 0.5) is 0 Å². The van der Waals surface area contributed by atoms with Crippen LogP contribution in [0.2, 0.25) is 0 Å². The molecule has 0 fully saturated rings. The van der Waals surface area contributed by atoms with E-state index in [9.17, 15) is 4.79 Å². The van der Waals surface area contributed by atoms with Crippen molar-refractivity contribution >= 4 is 22.9 Å². The first-order valence-electron chi connectivity index (χ1n) is 6.34. The third-order valence-corrected chi connectivity index (χ3v) is 3.07. The Morgan fingerprint density at radius 2 is 2.16 bits per heavy atom. The van der Waals surface area contributed by atoms with Gasteiger partial charge in [0.1, 0.15) is 0 Å². The first-order chi connectivity index (χ1) is 9.00. The summed E-state index contributed by atoms with van der Waals surface area (Å²) in [5, 5.41) is 1.12. The van der Waals surface area contributed by atoms with Crippen molar-refractivity contribution in [3.8, 4) is 0 Å². The average Bonchev–Trinajstić information content (AvgIpc) is 2.75. The number of nitrogens with zero attached hydrogens (tertiary/aromatic N) is 3. The molecular formula is C15H19N3O. The summed E-state index contributed by atoms with van der Waals surface area (Å²) in [7, 11) is 3.49. The fraction of sp³-hybridized carbons (Fsp3) is 0.333. The first kappa shape index (κ1) is 13.3. The van der Waals surface area contributed by atoms with Crippen LogP contribution < -0.4 is 0 Å². The molecule has 2 aromatic rings. The van der Waals surface area contributed by atoms with Crippen LogP contribution in [0.3, 0.4) is 0 Å². The first-order valence-corrected chi connectivity index (χ1v) is 6.34. The summed E-state index contributed by atoms with van der Waals surface area (Å²) in [6.07, 6.45) is 9.17. The third kappa shape index (κ3) is 2.67. The average molecular weight is 257 g/mol. The lowest BCUT2D eigenvalue weighted by atomic mass is 10.2. The van der Waals surface area contributed by atoms with Gasteiger partial charge >= 0.3 is 0 Å². The number of aromatic nitrogens is 2. The number of likely N-dealkylation sites (N-methyl/N-ethyl adjacent to an activating group) is 1. The van der Waals surface area contributed by atoms with Crippen molar-refractivity contribution in [1.82, 2.24) is 14.5 Å². The standard InChI is InChI=1S/C15H19N3O/c1-11(2)18-10-12(5-6-15(19)17(3)4)13-7-8-16-9-14(13)18/h5-11H,1-4H3. The quantitative estimate of drug-likeness (QED) is 0.793. The van der Waals surface area contributed by atoms with Crippen LogP contribution in [0.1, 0.15) is 25.5 Å². The highest BCUT2D eigenvalue weighted by molar-refractivity contribution is 5.96. The minimum atomic E-state index is -0.0143. The molecule has 1 amide bonds. The zero-order chi connectivity index (χ0) is 14.0. The van der Waals surface area contributed by atoms with Gasteiger partial charge in [0.2, 0.25) is 5.91 Å². The highest BCUT2D eigenvalue weighted by atomic mass is 16.2. The normalized spacial score (nSPS) is 11.6. The SMILES string of the molecule is CC(C)n1cc(C=CC(=O)N(C)C)c2ccncc21. The van der Waals surface area contributed by atoms with E-state index in [1.54, 1.807) is 31.3 Å². The summed E-state index contributed by atoms with van der Waals surface area (Å²) in [6.45, 7) is 4.26. The van der Waals surface area contributed by atoms with Crippen molar-refractivity contribution in [3.63, 3.8) is 0 Å². The topological polar surface area (TPSA) is 38.1 Å². The number of fused-ring (bicyclic) bond motifs is 1. The third-order valence-electron chi connectivity index (χ3n) is 3.07. The molecule has 4 nitrogen and oxygen atoms in total. The lowest BCUT2D eigenvalue weighted by Crippen LogP contribution is -2.18. The van der Waals surface area contributed by atoms with Crippen molar-refractivity contribution in [2.75, 3.05) is 14.1 Å². The Morgan fingerprint density at radius 3 is 2.79 bits per heavy atom. The Morgan fingerprint density at radius 1 is 1.42 bits per heavy atom. The van der Waals surface area contributed by atoms with E-state index in [2.05, 4.69) is 29.6 Å². The molecule has 0 unspecified atom stereocenters. The minimum absolute atomic E-state index is 0.0143. The maximum Gasteiger partial charge on any atom is 0.246 e. The molecule has 19 heavy (non-hydrogen) atoms. The van der Waals surface area contributed by atoms with Crippen molar-refractivity contribution in [2.45, 2.75) is 19.9 Å². The molecule has 0 aromatic carbocycles. The van der Waals surface area contributed by atoms with Crippen LogP contribution in [-0.2, 0) is 4.79 Å². The molecule has 2 aromatic heterocycles. The van der Waals surface area contributed by atoms with Gasteiger partial charge in [0.15, 0.2) is 0 Å². The Bertz CT molecular complexity index is 623. The number of rotatable bonds is 3. The monoisotopic (exact) mass is 257 g/mol. The van der Waals surface area contributed by atoms with Gasteiger partial charge in [0.25, 0.3) is 0 Å². The lowest BCUT2D eigenvalue weighted by molar-refractivity contribution is -0.123. The number of pyridine rings is 1. The summed E-state index contributed by atoms with van der Waals surface area (Å²) in [4.78, 5) is 17.3. The van der Waals surface area contributed by atoms with E-state index >= 15 is 0 Å².